The van der Waals surface area contributed by atoms with Gasteiger partial charge >= 0.3 is 6.09 Å². The van der Waals surface area contributed by atoms with Gasteiger partial charge in [0.2, 0.25) is 0 Å². The SMILES string of the molecule is C=C(N1CCOC1=O)C(C)(O)C(C)C. The van der Waals surface area contributed by atoms with Crippen LogP contribution in [0.5, 0.6) is 0 Å². The summed E-state index contributed by atoms with van der Waals surface area (Å²) >= 11 is 0. The molecule has 1 rings (SSSR count). The van der Waals surface area contributed by atoms with E-state index in [1.54, 1.807) is 6.92 Å². The van der Waals surface area contributed by atoms with E-state index >= 15 is 0 Å². The van der Waals surface area contributed by atoms with Gasteiger partial charge in [0, 0.05) is 5.70 Å². The van der Waals surface area contributed by atoms with E-state index in [1.807, 2.05) is 13.8 Å². The molecule has 1 amide bonds. The molecule has 0 aromatic carbocycles. The highest BCUT2D eigenvalue weighted by Gasteiger charge is 2.37. The molecule has 80 valence electrons. The van der Waals surface area contributed by atoms with E-state index in [4.69, 9.17) is 4.74 Å². The zero-order valence-electron chi connectivity index (χ0n) is 8.91. The molecule has 1 aliphatic rings. The van der Waals surface area contributed by atoms with Crippen molar-refractivity contribution in [2.45, 2.75) is 26.4 Å². The Morgan fingerprint density at radius 3 is 2.64 bits per heavy atom. The van der Waals surface area contributed by atoms with Crippen molar-refractivity contribution in [3.63, 3.8) is 0 Å². The van der Waals surface area contributed by atoms with Gasteiger partial charge in [0.05, 0.1) is 6.54 Å². The molecule has 0 aliphatic carbocycles. The van der Waals surface area contributed by atoms with Crippen LogP contribution in [-0.4, -0.2) is 34.9 Å². The Bertz CT molecular complexity index is 258. The van der Waals surface area contributed by atoms with Crippen LogP contribution < -0.4 is 0 Å². The number of nitrogens with zero attached hydrogens (tertiary/aromatic N) is 1. The topological polar surface area (TPSA) is 49.8 Å². The Morgan fingerprint density at radius 2 is 2.29 bits per heavy atom. The Kier molecular flexibility index (Phi) is 2.85. The third kappa shape index (κ3) is 1.75. The van der Waals surface area contributed by atoms with E-state index < -0.39 is 11.7 Å². The van der Waals surface area contributed by atoms with Crippen LogP contribution in [0.15, 0.2) is 12.3 Å². The molecule has 0 aromatic heterocycles. The maximum atomic E-state index is 11.2. The van der Waals surface area contributed by atoms with E-state index in [-0.39, 0.29) is 5.92 Å². The lowest BCUT2D eigenvalue weighted by molar-refractivity contribution is 0.0289. The van der Waals surface area contributed by atoms with Crippen LogP contribution in [0.3, 0.4) is 0 Å². The number of rotatable bonds is 3. The van der Waals surface area contributed by atoms with E-state index in [0.29, 0.717) is 18.8 Å². The average molecular weight is 199 g/mol. The molecule has 0 radical (unpaired) electrons. The van der Waals surface area contributed by atoms with Gasteiger partial charge in [0.1, 0.15) is 12.2 Å². The number of amides is 1. The predicted octanol–water partition coefficient (Wildman–Crippen LogP) is 1.36. The summed E-state index contributed by atoms with van der Waals surface area (Å²) in [6.07, 6.45) is -0.420. The monoisotopic (exact) mass is 199 g/mol. The fourth-order valence-corrected chi connectivity index (χ4v) is 1.25. The fraction of sp³-hybridized carbons (Fsp3) is 0.700. The molecule has 1 fully saturated rings. The van der Waals surface area contributed by atoms with Gasteiger partial charge in [0.15, 0.2) is 0 Å². The second kappa shape index (κ2) is 3.61. The number of hydrogen-bond donors (Lipinski definition) is 1. The van der Waals surface area contributed by atoms with Gasteiger partial charge in [-0.25, -0.2) is 4.79 Å². The number of hydrogen-bond acceptors (Lipinski definition) is 3. The molecular weight excluding hydrogens is 182 g/mol. The molecule has 1 atom stereocenters. The molecule has 0 saturated carbocycles. The van der Waals surface area contributed by atoms with E-state index in [2.05, 4.69) is 6.58 Å². The summed E-state index contributed by atoms with van der Waals surface area (Å²) in [5.41, 5.74) is -0.654. The Balaban J connectivity index is 2.79. The van der Waals surface area contributed by atoms with Gasteiger partial charge in [-0.2, -0.15) is 0 Å². The number of ether oxygens (including phenoxy) is 1. The van der Waals surface area contributed by atoms with Crippen LogP contribution in [0.4, 0.5) is 4.79 Å². The molecule has 1 N–H and O–H groups in total. The van der Waals surface area contributed by atoms with Gasteiger partial charge in [-0.1, -0.05) is 20.4 Å². The molecule has 1 saturated heterocycles. The largest absolute Gasteiger partial charge is 0.447 e. The summed E-state index contributed by atoms with van der Waals surface area (Å²) in [6.45, 7) is 10.0. The van der Waals surface area contributed by atoms with Crippen LogP contribution in [0.1, 0.15) is 20.8 Å². The number of carbonyl (C=O) groups is 1. The van der Waals surface area contributed by atoms with Crippen molar-refractivity contribution < 1.29 is 14.6 Å². The minimum atomic E-state index is -1.07. The molecule has 1 unspecified atom stereocenters. The number of aliphatic hydroxyl groups is 1. The van der Waals surface area contributed by atoms with Crippen LogP contribution in [0, 0.1) is 5.92 Å². The summed E-state index contributed by atoms with van der Waals surface area (Å²) in [7, 11) is 0. The minimum absolute atomic E-state index is 0.00315. The number of carbonyl (C=O) groups excluding carboxylic acids is 1. The summed E-state index contributed by atoms with van der Waals surface area (Å²) in [4.78, 5) is 12.6. The molecule has 0 spiro atoms. The lowest BCUT2D eigenvalue weighted by Crippen LogP contribution is -2.42. The molecular formula is C10H17NO3. The van der Waals surface area contributed by atoms with Crippen molar-refractivity contribution in [2.75, 3.05) is 13.2 Å². The maximum Gasteiger partial charge on any atom is 0.414 e. The van der Waals surface area contributed by atoms with Crippen molar-refractivity contribution in [1.82, 2.24) is 4.90 Å². The van der Waals surface area contributed by atoms with Crippen molar-refractivity contribution >= 4 is 6.09 Å². The van der Waals surface area contributed by atoms with Crippen molar-refractivity contribution in [2.24, 2.45) is 5.92 Å². The standard InChI is InChI=1S/C10H17NO3/c1-7(2)10(4,13)8(3)11-5-6-14-9(11)12/h7,13H,3,5-6H2,1-2,4H3. The van der Waals surface area contributed by atoms with Crippen LogP contribution in [-0.2, 0) is 4.74 Å². The summed E-state index contributed by atoms with van der Waals surface area (Å²) in [6, 6.07) is 0. The molecule has 14 heavy (non-hydrogen) atoms. The lowest BCUT2D eigenvalue weighted by atomic mass is 9.89. The summed E-state index contributed by atoms with van der Waals surface area (Å²) < 4.78 is 4.78. The highest BCUT2D eigenvalue weighted by Crippen LogP contribution is 2.28. The normalized spacial score (nSPS) is 20.9. The Morgan fingerprint density at radius 1 is 1.71 bits per heavy atom. The zero-order valence-corrected chi connectivity index (χ0v) is 8.91. The van der Waals surface area contributed by atoms with Crippen LogP contribution >= 0.6 is 0 Å². The minimum Gasteiger partial charge on any atom is -0.447 e. The quantitative estimate of drug-likeness (QED) is 0.746. The van der Waals surface area contributed by atoms with Crippen molar-refractivity contribution in [1.29, 1.82) is 0 Å². The van der Waals surface area contributed by atoms with Gasteiger partial charge in [-0.3, -0.25) is 4.90 Å². The third-order valence-electron chi connectivity index (χ3n) is 2.80. The average Bonchev–Trinajstić information content (AvgIpc) is 2.49. The second-order valence-electron chi connectivity index (χ2n) is 4.01. The molecule has 0 bridgehead atoms. The van der Waals surface area contributed by atoms with E-state index in [0.717, 1.165) is 0 Å². The summed E-state index contributed by atoms with van der Waals surface area (Å²) in [5, 5.41) is 10.1. The zero-order chi connectivity index (χ0) is 10.9. The molecule has 0 aromatic rings. The molecule has 4 heteroatoms. The van der Waals surface area contributed by atoms with Crippen LogP contribution in [0.25, 0.3) is 0 Å². The lowest BCUT2D eigenvalue weighted by Gasteiger charge is -2.33. The first-order valence-corrected chi connectivity index (χ1v) is 4.73. The van der Waals surface area contributed by atoms with Gasteiger partial charge in [-0.05, 0) is 12.8 Å². The van der Waals surface area contributed by atoms with E-state index in [9.17, 15) is 9.90 Å². The van der Waals surface area contributed by atoms with Gasteiger partial charge < -0.3 is 9.84 Å². The highest BCUT2D eigenvalue weighted by molar-refractivity contribution is 5.72. The first kappa shape index (κ1) is 11.0. The first-order chi connectivity index (χ1) is 6.37. The van der Waals surface area contributed by atoms with Gasteiger partial charge in [-0.15, -0.1) is 0 Å². The van der Waals surface area contributed by atoms with E-state index in [1.165, 1.54) is 4.90 Å². The summed E-state index contributed by atoms with van der Waals surface area (Å²) in [5.74, 6) is 0.00315. The highest BCUT2D eigenvalue weighted by atomic mass is 16.6. The number of cyclic esters (lactones) is 1. The Hall–Kier alpha value is -1.03. The van der Waals surface area contributed by atoms with Gasteiger partial charge in [0.25, 0.3) is 0 Å². The Labute approximate surface area is 84.2 Å². The molecule has 1 aliphatic heterocycles. The first-order valence-electron chi connectivity index (χ1n) is 4.73. The smallest absolute Gasteiger partial charge is 0.414 e. The second-order valence-corrected chi connectivity index (χ2v) is 4.01. The van der Waals surface area contributed by atoms with Crippen molar-refractivity contribution in [3.05, 3.63) is 12.3 Å². The fourth-order valence-electron chi connectivity index (χ4n) is 1.25. The van der Waals surface area contributed by atoms with Crippen molar-refractivity contribution in [3.8, 4) is 0 Å². The maximum absolute atomic E-state index is 11.2. The molecule has 4 nitrogen and oxygen atoms in total. The predicted molar refractivity (Wildman–Crippen MR) is 52.7 cm³/mol. The van der Waals surface area contributed by atoms with Crippen LogP contribution in [0.2, 0.25) is 0 Å². The molecule has 1 heterocycles. The third-order valence-corrected chi connectivity index (χ3v) is 2.80.